The third-order valence-electron chi connectivity index (χ3n) is 3.76. The van der Waals surface area contributed by atoms with Crippen molar-refractivity contribution in [3.8, 4) is 0 Å². The largest absolute Gasteiger partial charge is 0.389 e. The Morgan fingerprint density at radius 3 is 1.87 bits per heavy atom. The number of aliphatic hydroxyl groups is 1. The lowest BCUT2D eigenvalue weighted by Gasteiger charge is -2.20. The minimum Gasteiger partial charge on any atom is -0.389 e. The highest BCUT2D eigenvalue weighted by Gasteiger charge is 2.15. The minimum atomic E-state index is -0.482. The van der Waals surface area contributed by atoms with Gasteiger partial charge in [0.2, 0.25) is 0 Å². The molecule has 0 aliphatic heterocycles. The summed E-state index contributed by atoms with van der Waals surface area (Å²) < 4.78 is 5.81. The van der Waals surface area contributed by atoms with Crippen LogP contribution < -0.4 is 5.32 Å². The summed E-state index contributed by atoms with van der Waals surface area (Å²) in [5.41, 5.74) is 2.46. The Labute approximate surface area is 139 Å². The zero-order valence-corrected chi connectivity index (χ0v) is 14.0. The van der Waals surface area contributed by atoms with Crippen LogP contribution in [0.25, 0.3) is 0 Å². The van der Waals surface area contributed by atoms with Crippen molar-refractivity contribution in [3.05, 3.63) is 71.8 Å². The highest BCUT2D eigenvalue weighted by molar-refractivity contribution is 5.32. The highest BCUT2D eigenvalue weighted by atomic mass is 16.5. The average Bonchev–Trinajstić information content (AvgIpc) is 2.58. The van der Waals surface area contributed by atoms with E-state index in [1.165, 1.54) is 11.1 Å². The lowest BCUT2D eigenvalue weighted by Crippen LogP contribution is -2.34. The van der Waals surface area contributed by atoms with Crippen LogP contribution in [0.1, 0.15) is 30.9 Å². The van der Waals surface area contributed by atoms with Crippen LogP contribution in [0.5, 0.6) is 0 Å². The second-order valence-electron chi connectivity index (χ2n) is 6.13. The average molecular weight is 313 g/mol. The Kier molecular flexibility index (Phi) is 7.27. The molecule has 1 atom stereocenters. The first kappa shape index (κ1) is 17.7. The van der Waals surface area contributed by atoms with E-state index in [9.17, 15) is 5.11 Å². The van der Waals surface area contributed by atoms with Crippen LogP contribution in [-0.4, -0.2) is 37.0 Å². The molecule has 0 saturated carbocycles. The fourth-order valence-electron chi connectivity index (χ4n) is 2.51. The molecule has 0 aromatic heterocycles. The van der Waals surface area contributed by atoms with Crippen LogP contribution >= 0.6 is 0 Å². The third kappa shape index (κ3) is 6.14. The standard InChI is InChI=1S/C20H27NO2/c1-16(2)21-13-19(22)14-23-15-20(17-9-5-3-6-10-17)18-11-7-4-8-12-18/h3-12,16,19-22H,13-15H2,1-2H3. The van der Waals surface area contributed by atoms with Crippen molar-refractivity contribution < 1.29 is 9.84 Å². The molecule has 0 radical (unpaired) electrons. The van der Waals surface area contributed by atoms with Crippen molar-refractivity contribution >= 4 is 0 Å². The molecule has 2 aromatic rings. The van der Waals surface area contributed by atoms with Gasteiger partial charge >= 0.3 is 0 Å². The number of rotatable bonds is 9. The van der Waals surface area contributed by atoms with Gasteiger partial charge in [-0.25, -0.2) is 0 Å². The number of ether oxygens (including phenoxy) is 1. The van der Waals surface area contributed by atoms with Gasteiger partial charge in [0.25, 0.3) is 0 Å². The van der Waals surface area contributed by atoms with Crippen LogP contribution in [0.3, 0.4) is 0 Å². The van der Waals surface area contributed by atoms with Crippen LogP contribution in [-0.2, 0) is 4.74 Å². The van der Waals surface area contributed by atoms with E-state index in [-0.39, 0.29) is 5.92 Å². The Bertz CT molecular complexity index is 503. The van der Waals surface area contributed by atoms with Crippen LogP contribution in [0.2, 0.25) is 0 Å². The number of benzene rings is 2. The molecule has 3 nitrogen and oxygen atoms in total. The van der Waals surface area contributed by atoms with Gasteiger partial charge in [-0.3, -0.25) is 0 Å². The van der Waals surface area contributed by atoms with Gasteiger partial charge in [-0.05, 0) is 11.1 Å². The minimum absolute atomic E-state index is 0.183. The molecule has 23 heavy (non-hydrogen) atoms. The maximum absolute atomic E-state index is 9.96. The topological polar surface area (TPSA) is 41.5 Å². The summed E-state index contributed by atoms with van der Waals surface area (Å²) in [5.74, 6) is 0.183. The van der Waals surface area contributed by atoms with E-state index in [1.54, 1.807) is 0 Å². The number of hydrogen-bond acceptors (Lipinski definition) is 3. The summed E-state index contributed by atoms with van der Waals surface area (Å²) in [7, 11) is 0. The van der Waals surface area contributed by atoms with Crippen molar-refractivity contribution in [1.82, 2.24) is 5.32 Å². The van der Waals surface area contributed by atoms with Gasteiger partial charge in [0.05, 0.1) is 19.3 Å². The fourth-order valence-corrected chi connectivity index (χ4v) is 2.51. The van der Waals surface area contributed by atoms with Gasteiger partial charge in [-0.1, -0.05) is 74.5 Å². The van der Waals surface area contributed by atoms with E-state index < -0.39 is 6.10 Å². The Morgan fingerprint density at radius 1 is 0.870 bits per heavy atom. The first-order valence-corrected chi connectivity index (χ1v) is 8.26. The van der Waals surface area contributed by atoms with Crippen LogP contribution in [0.4, 0.5) is 0 Å². The summed E-state index contributed by atoms with van der Waals surface area (Å²) in [4.78, 5) is 0. The van der Waals surface area contributed by atoms with Gasteiger partial charge in [-0.15, -0.1) is 0 Å². The summed E-state index contributed by atoms with van der Waals surface area (Å²) in [6, 6.07) is 21.1. The monoisotopic (exact) mass is 313 g/mol. The predicted molar refractivity (Wildman–Crippen MR) is 94.7 cm³/mol. The van der Waals surface area contributed by atoms with Crippen molar-refractivity contribution in [3.63, 3.8) is 0 Å². The molecule has 0 spiro atoms. The van der Waals surface area contributed by atoms with E-state index in [0.29, 0.717) is 25.8 Å². The molecule has 0 bridgehead atoms. The molecule has 0 fully saturated rings. The van der Waals surface area contributed by atoms with E-state index in [2.05, 4.69) is 43.4 Å². The molecule has 2 rings (SSSR count). The molecule has 0 amide bonds. The number of hydrogen-bond donors (Lipinski definition) is 2. The van der Waals surface area contributed by atoms with Gasteiger partial charge in [0.1, 0.15) is 0 Å². The Morgan fingerprint density at radius 2 is 1.39 bits per heavy atom. The van der Waals surface area contributed by atoms with E-state index in [1.807, 2.05) is 36.4 Å². The summed E-state index contributed by atoms with van der Waals surface area (Å²) in [6.07, 6.45) is -0.482. The number of nitrogens with one attached hydrogen (secondary N) is 1. The predicted octanol–water partition coefficient (Wildman–Crippen LogP) is 3.19. The van der Waals surface area contributed by atoms with E-state index in [0.717, 1.165) is 0 Å². The highest BCUT2D eigenvalue weighted by Crippen LogP contribution is 2.24. The molecule has 0 aliphatic carbocycles. The number of aliphatic hydroxyl groups excluding tert-OH is 1. The molecular formula is C20H27NO2. The molecule has 0 saturated heterocycles. The SMILES string of the molecule is CC(C)NCC(O)COCC(c1ccccc1)c1ccccc1. The quantitative estimate of drug-likeness (QED) is 0.747. The zero-order chi connectivity index (χ0) is 16.5. The Balaban J connectivity index is 1.94. The molecule has 0 aliphatic rings. The van der Waals surface area contributed by atoms with Crippen LogP contribution in [0, 0.1) is 0 Å². The Hall–Kier alpha value is -1.68. The van der Waals surface area contributed by atoms with E-state index in [4.69, 9.17) is 4.74 Å². The van der Waals surface area contributed by atoms with Crippen molar-refractivity contribution in [2.45, 2.75) is 31.9 Å². The van der Waals surface area contributed by atoms with Crippen molar-refractivity contribution in [2.24, 2.45) is 0 Å². The first-order valence-electron chi connectivity index (χ1n) is 8.26. The second-order valence-corrected chi connectivity index (χ2v) is 6.13. The summed E-state index contributed by atoms with van der Waals surface area (Å²) in [6.45, 7) is 5.59. The molecular weight excluding hydrogens is 286 g/mol. The lowest BCUT2D eigenvalue weighted by molar-refractivity contribution is 0.0332. The fraction of sp³-hybridized carbons (Fsp3) is 0.400. The molecule has 0 heterocycles. The molecule has 124 valence electrons. The second kappa shape index (κ2) is 9.46. The third-order valence-corrected chi connectivity index (χ3v) is 3.76. The van der Waals surface area contributed by atoms with Gasteiger partial charge in [-0.2, -0.15) is 0 Å². The van der Waals surface area contributed by atoms with Crippen molar-refractivity contribution in [2.75, 3.05) is 19.8 Å². The van der Waals surface area contributed by atoms with Crippen LogP contribution in [0.15, 0.2) is 60.7 Å². The summed E-state index contributed by atoms with van der Waals surface area (Å²) >= 11 is 0. The first-order chi connectivity index (χ1) is 11.2. The summed E-state index contributed by atoms with van der Waals surface area (Å²) in [5, 5.41) is 13.2. The molecule has 1 unspecified atom stereocenters. The van der Waals surface area contributed by atoms with Gasteiger partial charge in [0.15, 0.2) is 0 Å². The normalized spacial score (nSPS) is 12.7. The zero-order valence-electron chi connectivity index (χ0n) is 14.0. The maximum Gasteiger partial charge on any atom is 0.0897 e. The van der Waals surface area contributed by atoms with E-state index >= 15 is 0 Å². The molecule has 2 aromatic carbocycles. The van der Waals surface area contributed by atoms with Gasteiger partial charge < -0.3 is 15.2 Å². The molecule has 3 heteroatoms. The van der Waals surface area contributed by atoms with Crippen molar-refractivity contribution in [1.29, 1.82) is 0 Å². The smallest absolute Gasteiger partial charge is 0.0897 e. The maximum atomic E-state index is 9.96. The molecule has 2 N–H and O–H groups in total. The van der Waals surface area contributed by atoms with Gasteiger partial charge in [0, 0.05) is 18.5 Å². The lowest BCUT2D eigenvalue weighted by atomic mass is 9.92.